The van der Waals surface area contributed by atoms with Gasteiger partial charge in [0.1, 0.15) is 5.78 Å². The molecule has 1 aromatic rings. The molecule has 1 amide bonds. The maximum Gasteiger partial charge on any atom is 0.274 e. The van der Waals surface area contributed by atoms with Gasteiger partial charge in [0, 0.05) is 12.0 Å². The summed E-state index contributed by atoms with van der Waals surface area (Å²) in [4.78, 5) is 23.8. The largest absolute Gasteiger partial charge is 0.307 e. The minimum absolute atomic E-state index is 0.0286. The zero-order valence-corrected chi connectivity index (χ0v) is 12.8. The number of rotatable bonds is 3. The lowest BCUT2D eigenvalue weighted by Gasteiger charge is -2.38. The number of nitrogens with one attached hydrogen (secondary N) is 2. The van der Waals surface area contributed by atoms with Crippen LogP contribution in [0.3, 0.4) is 0 Å². The standard InChI is InChI=1S/C17H22N2O3/c1-2-14(20)15-17(7-8-18-15)6-5-11-9-12(16(21)19-22)3-4-13(11)10-17/h3-4,9,15,18,22H,2,5-8,10H2,1H3,(H,19,21)/t15-,17?/m0/s1. The zero-order chi connectivity index (χ0) is 15.7. The summed E-state index contributed by atoms with van der Waals surface area (Å²) in [6.07, 6.45) is 4.32. The quantitative estimate of drug-likeness (QED) is 0.586. The van der Waals surface area contributed by atoms with E-state index < -0.39 is 5.91 Å². The van der Waals surface area contributed by atoms with E-state index in [1.807, 2.05) is 19.1 Å². The number of ketones is 1. The van der Waals surface area contributed by atoms with Crippen LogP contribution in [-0.4, -0.2) is 29.5 Å². The smallest absolute Gasteiger partial charge is 0.274 e. The molecule has 1 fully saturated rings. The van der Waals surface area contributed by atoms with E-state index in [2.05, 4.69) is 5.32 Å². The Balaban J connectivity index is 1.88. The Morgan fingerprint density at radius 2 is 2.18 bits per heavy atom. The van der Waals surface area contributed by atoms with Gasteiger partial charge in [-0.3, -0.25) is 14.8 Å². The summed E-state index contributed by atoms with van der Waals surface area (Å²) in [6.45, 7) is 2.82. The van der Waals surface area contributed by atoms with Gasteiger partial charge in [0.2, 0.25) is 0 Å². The molecular weight excluding hydrogens is 280 g/mol. The van der Waals surface area contributed by atoms with E-state index in [-0.39, 0.29) is 11.5 Å². The Hall–Kier alpha value is -1.72. The number of amides is 1. The summed E-state index contributed by atoms with van der Waals surface area (Å²) >= 11 is 0. The van der Waals surface area contributed by atoms with Gasteiger partial charge in [-0.15, -0.1) is 0 Å². The average molecular weight is 302 g/mol. The summed E-state index contributed by atoms with van der Waals surface area (Å²) < 4.78 is 0. The molecule has 5 nitrogen and oxygen atoms in total. The Morgan fingerprint density at radius 3 is 2.91 bits per heavy atom. The van der Waals surface area contributed by atoms with Gasteiger partial charge in [-0.25, -0.2) is 5.48 Å². The lowest BCUT2D eigenvalue weighted by Crippen LogP contribution is -2.46. The molecule has 5 heteroatoms. The van der Waals surface area contributed by atoms with Crippen molar-refractivity contribution in [3.8, 4) is 0 Å². The van der Waals surface area contributed by atoms with Crippen LogP contribution in [0.4, 0.5) is 0 Å². The van der Waals surface area contributed by atoms with Crippen LogP contribution in [0.15, 0.2) is 18.2 Å². The number of benzene rings is 1. The molecule has 0 bridgehead atoms. The van der Waals surface area contributed by atoms with Crippen molar-refractivity contribution in [3.05, 3.63) is 34.9 Å². The molecular formula is C17H22N2O3. The Morgan fingerprint density at radius 1 is 1.36 bits per heavy atom. The zero-order valence-electron chi connectivity index (χ0n) is 12.8. The summed E-state index contributed by atoms with van der Waals surface area (Å²) in [6, 6.07) is 5.52. The van der Waals surface area contributed by atoms with Gasteiger partial charge in [0.05, 0.1) is 6.04 Å². The van der Waals surface area contributed by atoms with Gasteiger partial charge in [0.15, 0.2) is 0 Å². The molecule has 1 aromatic carbocycles. The minimum atomic E-state index is -0.482. The molecule has 0 saturated carbocycles. The highest BCUT2D eigenvalue weighted by Gasteiger charge is 2.47. The topological polar surface area (TPSA) is 78.4 Å². The molecule has 118 valence electrons. The molecule has 1 aliphatic heterocycles. The Bertz CT molecular complexity index is 614. The van der Waals surface area contributed by atoms with Crippen LogP contribution in [0.25, 0.3) is 0 Å². The first kappa shape index (κ1) is 15.2. The summed E-state index contributed by atoms with van der Waals surface area (Å²) in [5.41, 5.74) is 4.55. The maximum atomic E-state index is 12.2. The fourth-order valence-corrected chi connectivity index (χ4v) is 4.03. The first-order valence-electron chi connectivity index (χ1n) is 7.92. The van der Waals surface area contributed by atoms with Crippen LogP contribution in [-0.2, 0) is 17.6 Å². The van der Waals surface area contributed by atoms with Crippen molar-refractivity contribution in [2.24, 2.45) is 5.41 Å². The van der Waals surface area contributed by atoms with Gasteiger partial charge in [-0.05, 0) is 60.9 Å². The maximum absolute atomic E-state index is 12.2. The number of aryl methyl sites for hydroxylation is 1. The monoisotopic (exact) mass is 302 g/mol. The molecule has 0 aromatic heterocycles. The van der Waals surface area contributed by atoms with Gasteiger partial charge in [-0.1, -0.05) is 13.0 Å². The highest BCUT2D eigenvalue weighted by Crippen LogP contribution is 2.44. The molecule has 2 aliphatic rings. The van der Waals surface area contributed by atoms with Gasteiger partial charge in [0.25, 0.3) is 5.91 Å². The first-order chi connectivity index (χ1) is 10.6. The van der Waals surface area contributed by atoms with Crippen LogP contribution < -0.4 is 10.8 Å². The third-order valence-corrected chi connectivity index (χ3v) is 5.26. The second kappa shape index (κ2) is 5.82. The van der Waals surface area contributed by atoms with Gasteiger partial charge < -0.3 is 5.32 Å². The summed E-state index contributed by atoms with van der Waals surface area (Å²) in [5.74, 6) is -0.179. The molecule has 1 aliphatic carbocycles. The second-order valence-corrected chi connectivity index (χ2v) is 6.42. The number of hydroxylamine groups is 1. The van der Waals surface area contributed by atoms with Crippen molar-refractivity contribution in [3.63, 3.8) is 0 Å². The Kier molecular flexibility index (Phi) is 4.02. The molecule has 1 saturated heterocycles. The SMILES string of the molecule is CCC(=O)[C@@H]1NCCC12CCc1cc(C(=O)NO)ccc1C2. The van der Waals surface area contributed by atoms with E-state index in [4.69, 9.17) is 5.21 Å². The van der Waals surface area contributed by atoms with E-state index in [9.17, 15) is 9.59 Å². The van der Waals surface area contributed by atoms with Crippen molar-refractivity contribution >= 4 is 11.7 Å². The normalized spacial score (nSPS) is 26.7. The van der Waals surface area contributed by atoms with Gasteiger partial charge >= 0.3 is 0 Å². The van der Waals surface area contributed by atoms with Crippen molar-refractivity contribution in [2.75, 3.05) is 6.54 Å². The first-order valence-corrected chi connectivity index (χ1v) is 7.92. The van der Waals surface area contributed by atoms with E-state index in [0.717, 1.165) is 37.8 Å². The van der Waals surface area contributed by atoms with E-state index in [1.54, 1.807) is 11.5 Å². The van der Waals surface area contributed by atoms with E-state index in [1.165, 1.54) is 5.56 Å². The molecule has 1 unspecified atom stereocenters. The number of carbonyl (C=O) groups is 2. The van der Waals surface area contributed by atoms with E-state index in [0.29, 0.717) is 17.8 Å². The molecule has 0 radical (unpaired) electrons. The summed E-state index contributed by atoms with van der Waals surface area (Å²) in [5, 5.41) is 12.1. The molecule has 1 spiro atoms. The highest BCUT2D eigenvalue weighted by atomic mass is 16.5. The fourth-order valence-electron chi connectivity index (χ4n) is 4.03. The second-order valence-electron chi connectivity index (χ2n) is 6.42. The Labute approximate surface area is 130 Å². The predicted molar refractivity (Wildman–Crippen MR) is 81.9 cm³/mol. The van der Waals surface area contributed by atoms with Crippen LogP contribution in [0.5, 0.6) is 0 Å². The molecule has 2 atom stereocenters. The third kappa shape index (κ3) is 2.44. The van der Waals surface area contributed by atoms with Crippen LogP contribution in [0.2, 0.25) is 0 Å². The van der Waals surface area contributed by atoms with Crippen molar-refractivity contribution in [2.45, 2.75) is 45.1 Å². The lowest BCUT2D eigenvalue weighted by atomic mass is 9.66. The predicted octanol–water partition coefficient (Wildman–Crippen LogP) is 1.62. The summed E-state index contributed by atoms with van der Waals surface area (Å²) in [7, 11) is 0. The average Bonchev–Trinajstić information content (AvgIpc) is 2.95. The number of carbonyl (C=O) groups excluding carboxylic acids is 2. The van der Waals surface area contributed by atoms with E-state index >= 15 is 0 Å². The van der Waals surface area contributed by atoms with Crippen LogP contribution >= 0.6 is 0 Å². The minimum Gasteiger partial charge on any atom is -0.307 e. The fraction of sp³-hybridized carbons (Fsp3) is 0.529. The van der Waals surface area contributed by atoms with Crippen LogP contribution in [0, 0.1) is 5.41 Å². The number of hydrogen-bond donors (Lipinski definition) is 3. The highest BCUT2D eigenvalue weighted by molar-refractivity contribution is 5.93. The number of fused-ring (bicyclic) bond motifs is 1. The third-order valence-electron chi connectivity index (χ3n) is 5.26. The number of hydrogen-bond acceptors (Lipinski definition) is 4. The number of Topliss-reactive ketones (excluding diaryl/α,β-unsaturated/α-hetero) is 1. The molecule has 3 rings (SSSR count). The lowest BCUT2D eigenvalue weighted by molar-refractivity contribution is -0.123. The van der Waals surface area contributed by atoms with Crippen molar-refractivity contribution < 1.29 is 14.8 Å². The van der Waals surface area contributed by atoms with Crippen molar-refractivity contribution in [1.82, 2.24) is 10.8 Å². The van der Waals surface area contributed by atoms with Crippen molar-refractivity contribution in [1.29, 1.82) is 0 Å². The molecule has 1 heterocycles. The van der Waals surface area contributed by atoms with Crippen LogP contribution in [0.1, 0.15) is 47.7 Å². The molecule has 22 heavy (non-hydrogen) atoms. The van der Waals surface area contributed by atoms with Gasteiger partial charge in [-0.2, -0.15) is 0 Å². The molecule has 3 N–H and O–H groups in total.